The van der Waals surface area contributed by atoms with E-state index in [1.165, 1.54) is 19.3 Å². The predicted molar refractivity (Wildman–Crippen MR) is 67.5 cm³/mol. The zero-order valence-corrected chi connectivity index (χ0v) is 11.3. The maximum Gasteiger partial charge on any atom is 0.0590 e. The van der Waals surface area contributed by atoms with Crippen molar-refractivity contribution in [2.45, 2.75) is 53.0 Å². The second-order valence-electron chi connectivity index (χ2n) is 6.31. The van der Waals surface area contributed by atoms with Gasteiger partial charge in [0, 0.05) is 19.2 Å². The summed E-state index contributed by atoms with van der Waals surface area (Å²) in [4.78, 5) is 0. The van der Waals surface area contributed by atoms with Crippen LogP contribution in [0.25, 0.3) is 0 Å². The van der Waals surface area contributed by atoms with Gasteiger partial charge in [0.2, 0.25) is 0 Å². The van der Waals surface area contributed by atoms with Crippen LogP contribution in [0, 0.1) is 16.7 Å². The van der Waals surface area contributed by atoms with Crippen LogP contribution in [0.4, 0.5) is 0 Å². The minimum Gasteiger partial charge on any atom is -0.380 e. The maximum atomic E-state index is 5.40. The highest BCUT2D eigenvalue weighted by Crippen LogP contribution is 2.65. The van der Waals surface area contributed by atoms with Gasteiger partial charge in [0.05, 0.1) is 6.61 Å². The van der Waals surface area contributed by atoms with E-state index in [4.69, 9.17) is 4.74 Å². The third-order valence-corrected chi connectivity index (χ3v) is 5.64. The van der Waals surface area contributed by atoms with Gasteiger partial charge in [-0.3, -0.25) is 0 Å². The number of fused-ring (bicyclic) bond motifs is 2. The fourth-order valence-corrected chi connectivity index (χ4v) is 3.96. The lowest BCUT2D eigenvalue weighted by molar-refractivity contribution is 0.106. The fourth-order valence-electron chi connectivity index (χ4n) is 3.96. The van der Waals surface area contributed by atoms with Crippen molar-refractivity contribution in [1.82, 2.24) is 5.32 Å². The van der Waals surface area contributed by atoms with E-state index in [9.17, 15) is 0 Å². The van der Waals surface area contributed by atoms with Crippen molar-refractivity contribution in [1.29, 1.82) is 0 Å². The van der Waals surface area contributed by atoms with Crippen LogP contribution in [0.2, 0.25) is 0 Å². The Morgan fingerprint density at radius 2 is 2.06 bits per heavy atom. The first kappa shape index (κ1) is 12.4. The van der Waals surface area contributed by atoms with Crippen LogP contribution in [0.15, 0.2) is 0 Å². The number of nitrogens with one attached hydrogen (secondary N) is 1. The molecule has 3 atom stereocenters. The molecule has 2 bridgehead atoms. The molecule has 0 amide bonds. The summed E-state index contributed by atoms with van der Waals surface area (Å²) in [5.74, 6) is 0.932. The molecule has 0 aromatic rings. The molecule has 2 rings (SSSR count). The highest BCUT2D eigenvalue weighted by atomic mass is 16.5. The van der Waals surface area contributed by atoms with Crippen LogP contribution in [-0.4, -0.2) is 25.8 Å². The SMILES string of the molecule is CCOCCNC1CC2CC[C@@]1(C)C2(C)C. The molecule has 0 aromatic carbocycles. The number of hydrogen-bond donors (Lipinski definition) is 1. The highest BCUT2D eigenvalue weighted by molar-refractivity contribution is 5.12. The summed E-state index contributed by atoms with van der Waals surface area (Å²) in [6, 6.07) is 0.710. The standard InChI is InChI=1S/C14H27NO/c1-5-16-9-8-15-12-10-11-6-7-14(12,4)13(11,2)3/h11-12,15H,5-10H2,1-4H3/t11?,12?,14-/m1/s1. The molecule has 0 saturated heterocycles. The average molecular weight is 225 g/mol. The van der Waals surface area contributed by atoms with E-state index in [1.807, 2.05) is 0 Å². The molecule has 0 heterocycles. The lowest BCUT2D eigenvalue weighted by Crippen LogP contribution is -2.45. The van der Waals surface area contributed by atoms with Gasteiger partial charge in [0.15, 0.2) is 0 Å². The van der Waals surface area contributed by atoms with Crippen LogP contribution in [0.1, 0.15) is 47.0 Å². The van der Waals surface area contributed by atoms with Crippen molar-refractivity contribution in [2.75, 3.05) is 19.8 Å². The number of hydrogen-bond acceptors (Lipinski definition) is 2. The van der Waals surface area contributed by atoms with Gasteiger partial charge in [-0.15, -0.1) is 0 Å². The minimum absolute atomic E-state index is 0.504. The molecule has 0 spiro atoms. The van der Waals surface area contributed by atoms with Gasteiger partial charge in [-0.2, -0.15) is 0 Å². The quantitative estimate of drug-likeness (QED) is 0.726. The molecule has 2 heteroatoms. The monoisotopic (exact) mass is 225 g/mol. The molecule has 2 aliphatic rings. The first-order chi connectivity index (χ1) is 7.52. The first-order valence-corrected chi connectivity index (χ1v) is 6.83. The zero-order valence-electron chi connectivity index (χ0n) is 11.3. The van der Waals surface area contributed by atoms with Crippen LogP contribution >= 0.6 is 0 Å². The maximum absolute atomic E-state index is 5.40. The molecule has 0 radical (unpaired) electrons. The predicted octanol–water partition coefficient (Wildman–Crippen LogP) is 2.83. The topological polar surface area (TPSA) is 21.3 Å². The summed E-state index contributed by atoms with van der Waals surface area (Å²) in [7, 11) is 0. The summed E-state index contributed by atoms with van der Waals surface area (Å²) in [6.07, 6.45) is 4.21. The minimum atomic E-state index is 0.504. The van der Waals surface area contributed by atoms with Crippen LogP contribution in [0.5, 0.6) is 0 Å². The van der Waals surface area contributed by atoms with Crippen molar-refractivity contribution in [3.05, 3.63) is 0 Å². The second-order valence-corrected chi connectivity index (χ2v) is 6.31. The summed E-state index contributed by atoms with van der Waals surface area (Å²) < 4.78 is 5.40. The normalized spacial score (nSPS) is 40.5. The van der Waals surface area contributed by atoms with E-state index in [2.05, 4.69) is 33.0 Å². The van der Waals surface area contributed by atoms with Crippen LogP contribution in [-0.2, 0) is 4.74 Å². The highest BCUT2D eigenvalue weighted by Gasteiger charge is 2.60. The molecule has 2 aliphatic carbocycles. The Balaban J connectivity index is 1.89. The van der Waals surface area contributed by atoms with Crippen molar-refractivity contribution in [3.8, 4) is 0 Å². The molecular formula is C14H27NO. The van der Waals surface area contributed by atoms with Gasteiger partial charge in [0.25, 0.3) is 0 Å². The molecule has 1 N–H and O–H groups in total. The first-order valence-electron chi connectivity index (χ1n) is 6.83. The summed E-state index contributed by atoms with van der Waals surface area (Å²) in [6.45, 7) is 12.2. The molecular weight excluding hydrogens is 198 g/mol. The van der Waals surface area contributed by atoms with Crippen molar-refractivity contribution >= 4 is 0 Å². The van der Waals surface area contributed by atoms with E-state index in [0.29, 0.717) is 16.9 Å². The van der Waals surface area contributed by atoms with Gasteiger partial charge in [-0.25, -0.2) is 0 Å². The van der Waals surface area contributed by atoms with E-state index in [0.717, 1.165) is 25.7 Å². The Bertz CT molecular complexity index is 251. The largest absolute Gasteiger partial charge is 0.380 e. The Hall–Kier alpha value is -0.0800. The molecule has 2 fully saturated rings. The Morgan fingerprint density at radius 1 is 1.31 bits per heavy atom. The van der Waals surface area contributed by atoms with Crippen LogP contribution < -0.4 is 5.32 Å². The number of rotatable bonds is 5. The van der Waals surface area contributed by atoms with Gasteiger partial charge in [-0.1, -0.05) is 20.8 Å². The Labute approximate surface area is 100 Å². The van der Waals surface area contributed by atoms with Crippen molar-refractivity contribution < 1.29 is 4.74 Å². The molecule has 0 aromatic heterocycles. The molecule has 2 unspecified atom stereocenters. The smallest absolute Gasteiger partial charge is 0.0590 e. The van der Waals surface area contributed by atoms with Crippen molar-refractivity contribution in [2.24, 2.45) is 16.7 Å². The Kier molecular flexibility index (Phi) is 3.33. The zero-order chi connectivity index (χ0) is 11.8. The summed E-state index contributed by atoms with van der Waals surface area (Å²) in [5.41, 5.74) is 1.03. The third kappa shape index (κ3) is 1.70. The second kappa shape index (κ2) is 4.30. The van der Waals surface area contributed by atoms with E-state index < -0.39 is 0 Å². The average Bonchev–Trinajstić information content (AvgIpc) is 2.57. The molecule has 94 valence electrons. The fraction of sp³-hybridized carbons (Fsp3) is 1.00. The van der Waals surface area contributed by atoms with Crippen LogP contribution in [0.3, 0.4) is 0 Å². The van der Waals surface area contributed by atoms with E-state index in [1.54, 1.807) is 0 Å². The Morgan fingerprint density at radius 3 is 2.56 bits per heavy atom. The summed E-state index contributed by atoms with van der Waals surface area (Å²) >= 11 is 0. The molecule has 2 saturated carbocycles. The molecule has 16 heavy (non-hydrogen) atoms. The molecule has 2 nitrogen and oxygen atoms in total. The lowest BCUT2D eigenvalue weighted by atomic mass is 9.69. The van der Waals surface area contributed by atoms with E-state index >= 15 is 0 Å². The van der Waals surface area contributed by atoms with Gasteiger partial charge in [0.1, 0.15) is 0 Å². The lowest BCUT2D eigenvalue weighted by Gasteiger charge is -2.39. The van der Waals surface area contributed by atoms with Crippen molar-refractivity contribution in [3.63, 3.8) is 0 Å². The van der Waals surface area contributed by atoms with E-state index in [-0.39, 0.29) is 0 Å². The summed E-state index contributed by atoms with van der Waals surface area (Å²) in [5, 5.41) is 3.72. The molecule has 0 aliphatic heterocycles. The third-order valence-electron chi connectivity index (χ3n) is 5.64. The van der Waals surface area contributed by atoms with Gasteiger partial charge >= 0.3 is 0 Å². The van der Waals surface area contributed by atoms with Gasteiger partial charge < -0.3 is 10.1 Å². The van der Waals surface area contributed by atoms with Gasteiger partial charge in [-0.05, 0) is 42.9 Å². The number of ether oxygens (including phenoxy) is 1.